The van der Waals surface area contributed by atoms with Crippen LogP contribution in [0.5, 0.6) is 0 Å². The van der Waals surface area contributed by atoms with E-state index in [4.69, 9.17) is 0 Å². The Morgan fingerprint density at radius 2 is 1.71 bits per heavy atom. The summed E-state index contributed by atoms with van der Waals surface area (Å²) in [4.78, 5) is 11.2. The van der Waals surface area contributed by atoms with E-state index in [1.54, 1.807) is 0 Å². The maximum Gasteiger partial charge on any atom is 0.240 e. The van der Waals surface area contributed by atoms with Crippen LogP contribution in [-0.2, 0) is 4.79 Å². The van der Waals surface area contributed by atoms with Gasteiger partial charge in [0.05, 0.1) is 0 Å². The fourth-order valence-electron chi connectivity index (χ4n) is 1.04. The molecule has 1 N–H and O–H groups in total. The van der Waals surface area contributed by atoms with E-state index in [1.807, 2.05) is 6.92 Å². The molecule has 14 heavy (non-hydrogen) atoms. The highest BCUT2D eigenvalue weighted by Crippen LogP contribution is 1.96. The van der Waals surface area contributed by atoms with Gasteiger partial charge < -0.3 is 0 Å². The van der Waals surface area contributed by atoms with E-state index >= 15 is 0 Å². The first-order chi connectivity index (χ1) is 6.70. The van der Waals surface area contributed by atoms with Crippen LogP contribution in [0, 0.1) is 0 Å². The van der Waals surface area contributed by atoms with Gasteiger partial charge in [-0.15, -0.1) is 0 Å². The number of carbonyl (C=O) groups excluding carboxylic acids is 1. The molecule has 1 amide bonds. The Hall–Kier alpha value is -0.860. The van der Waals surface area contributed by atoms with E-state index in [0.717, 1.165) is 37.8 Å². The van der Waals surface area contributed by atoms with E-state index < -0.39 is 0 Å². The van der Waals surface area contributed by atoms with Crippen molar-refractivity contribution in [3.8, 4) is 0 Å². The van der Waals surface area contributed by atoms with Crippen molar-refractivity contribution in [1.29, 1.82) is 0 Å². The molecule has 0 aromatic heterocycles. The van der Waals surface area contributed by atoms with Crippen molar-refractivity contribution in [3.05, 3.63) is 0 Å². The van der Waals surface area contributed by atoms with Crippen molar-refractivity contribution < 1.29 is 4.79 Å². The molecule has 0 aromatic rings. The zero-order valence-corrected chi connectivity index (χ0v) is 9.60. The van der Waals surface area contributed by atoms with Crippen LogP contribution in [0.4, 0.5) is 0 Å². The summed E-state index contributed by atoms with van der Waals surface area (Å²) in [5.41, 5.74) is 3.59. The molecule has 3 heteroatoms. The van der Waals surface area contributed by atoms with Gasteiger partial charge in [0, 0.05) is 12.1 Å². The average Bonchev–Trinajstić information content (AvgIpc) is 2.20. The Balaban J connectivity index is 3.61. The largest absolute Gasteiger partial charge is 0.273 e. The summed E-state index contributed by atoms with van der Waals surface area (Å²) in [5.74, 6) is 0.0303. The normalized spacial score (nSPS) is 11.5. The van der Waals surface area contributed by atoms with Gasteiger partial charge in [0.15, 0.2) is 0 Å². The third-order valence-corrected chi connectivity index (χ3v) is 2.02. The summed E-state index contributed by atoms with van der Waals surface area (Å²) in [6.45, 7) is 6.17. The molecule has 0 bridgehead atoms. The Labute approximate surface area is 87.0 Å². The van der Waals surface area contributed by atoms with Gasteiger partial charge in [0.1, 0.15) is 0 Å². The SMILES string of the molecule is CCCCC(=O)NN=C(C)CCCC. The standard InChI is InChI=1S/C11H22N2O/c1-4-6-8-10(3)12-13-11(14)9-7-5-2/h4-9H2,1-3H3,(H,13,14). The molecule has 3 nitrogen and oxygen atoms in total. The second-order valence-corrected chi connectivity index (χ2v) is 3.59. The fourth-order valence-corrected chi connectivity index (χ4v) is 1.04. The predicted octanol–water partition coefficient (Wildman–Crippen LogP) is 2.86. The van der Waals surface area contributed by atoms with Gasteiger partial charge in [-0.25, -0.2) is 5.43 Å². The average molecular weight is 198 g/mol. The second-order valence-electron chi connectivity index (χ2n) is 3.59. The molecule has 0 atom stereocenters. The summed E-state index contributed by atoms with van der Waals surface area (Å²) in [6.07, 6.45) is 5.85. The molecule has 0 saturated heterocycles. The number of hydrazone groups is 1. The van der Waals surface area contributed by atoms with Crippen LogP contribution in [-0.4, -0.2) is 11.6 Å². The number of carbonyl (C=O) groups is 1. The topological polar surface area (TPSA) is 41.5 Å². The minimum absolute atomic E-state index is 0.0303. The van der Waals surface area contributed by atoms with Crippen molar-refractivity contribution in [2.75, 3.05) is 0 Å². The molecule has 0 heterocycles. The van der Waals surface area contributed by atoms with Crippen molar-refractivity contribution in [1.82, 2.24) is 5.43 Å². The molecule has 0 aliphatic rings. The lowest BCUT2D eigenvalue weighted by molar-refractivity contribution is -0.121. The van der Waals surface area contributed by atoms with Gasteiger partial charge in [-0.2, -0.15) is 5.10 Å². The molecule has 0 aliphatic heterocycles. The van der Waals surface area contributed by atoms with E-state index in [-0.39, 0.29) is 5.91 Å². The zero-order valence-electron chi connectivity index (χ0n) is 9.60. The minimum atomic E-state index is 0.0303. The van der Waals surface area contributed by atoms with E-state index in [0.29, 0.717) is 6.42 Å². The summed E-state index contributed by atoms with van der Waals surface area (Å²) in [7, 11) is 0. The highest BCUT2D eigenvalue weighted by molar-refractivity contribution is 5.84. The number of unbranched alkanes of at least 4 members (excludes halogenated alkanes) is 2. The molecular weight excluding hydrogens is 176 g/mol. The van der Waals surface area contributed by atoms with Gasteiger partial charge in [-0.05, 0) is 26.2 Å². The maximum absolute atomic E-state index is 11.2. The first-order valence-corrected chi connectivity index (χ1v) is 5.52. The van der Waals surface area contributed by atoms with Crippen molar-refractivity contribution >= 4 is 11.6 Å². The summed E-state index contributed by atoms with van der Waals surface area (Å²) in [5, 5.41) is 4.03. The maximum atomic E-state index is 11.2. The van der Waals surface area contributed by atoms with Gasteiger partial charge >= 0.3 is 0 Å². The summed E-state index contributed by atoms with van der Waals surface area (Å²) >= 11 is 0. The molecular formula is C11H22N2O. The van der Waals surface area contributed by atoms with Crippen LogP contribution >= 0.6 is 0 Å². The van der Waals surface area contributed by atoms with Crippen LogP contribution in [0.2, 0.25) is 0 Å². The van der Waals surface area contributed by atoms with Crippen molar-refractivity contribution in [2.45, 2.75) is 59.3 Å². The lowest BCUT2D eigenvalue weighted by Crippen LogP contribution is -2.18. The molecule has 0 radical (unpaired) electrons. The second kappa shape index (κ2) is 8.73. The summed E-state index contributed by atoms with van der Waals surface area (Å²) in [6, 6.07) is 0. The lowest BCUT2D eigenvalue weighted by atomic mass is 10.2. The van der Waals surface area contributed by atoms with Crippen LogP contribution in [0.1, 0.15) is 59.3 Å². The Kier molecular flexibility index (Phi) is 8.19. The number of nitrogens with zero attached hydrogens (tertiary/aromatic N) is 1. The van der Waals surface area contributed by atoms with Crippen LogP contribution in [0.15, 0.2) is 5.10 Å². The van der Waals surface area contributed by atoms with Crippen LogP contribution in [0.3, 0.4) is 0 Å². The monoisotopic (exact) mass is 198 g/mol. The smallest absolute Gasteiger partial charge is 0.240 e. The molecule has 82 valence electrons. The van der Waals surface area contributed by atoms with E-state index in [1.165, 1.54) is 0 Å². The highest BCUT2D eigenvalue weighted by atomic mass is 16.2. The molecule has 0 fully saturated rings. The third-order valence-electron chi connectivity index (χ3n) is 2.02. The number of rotatable bonds is 7. The number of nitrogens with one attached hydrogen (secondary N) is 1. The van der Waals surface area contributed by atoms with Gasteiger partial charge in [-0.1, -0.05) is 26.7 Å². The first-order valence-electron chi connectivity index (χ1n) is 5.52. The number of hydrogen-bond donors (Lipinski definition) is 1. The molecule has 0 spiro atoms. The number of amides is 1. The Morgan fingerprint density at radius 1 is 1.14 bits per heavy atom. The summed E-state index contributed by atoms with van der Waals surface area (Å²) < 4.78 is 0. The molecule has 0 saturated carbocycles. The van der Waals surface area contributed by atoms with E-state index in [9.17, 15) is 4.79 Å². The predicted molar refractivity (Wildman–Crippen MR) is 60.3 cm³/mol. The quantitative estimate of drug-likeness (QED) is 0.496. The Bertz CT molecular complexity index is 188. The third kappa shape index (κ3) is 7.77. The Morgan fingerprint density at radius 3 is 2.29 bits per heavy atom. The van der Waals surface area contributed by atoms with Crippen molar-refractivity contribution in [2.24, 2.45) is 5.10 Å². The minimum Gasteiger partial charge on any atom is -0.273 e. The van der Waals surface area contributed by atoms with Gasteiger partial charge in [0.2, 0.25) is 5.91 Å². The first kappa shape index (κ1) is 13.1. The molecule has 0 aromatic carbocycles. The lowest BCUT2D eigenvalue weighted by Gasteiger charge is -2.01. The van der Waals surface area contributed by atoms with E-state index in [2.05, 4.69) is 24.4 Å². The van der Waals surface area contributed by atoms with Crippen LogP contribution < -0.4 is 5.43 Å². The molecule has 0 unspecified atom stereocenters. The van der Waals surface area contributed by atoms with Crippen molar-refractivity contribution in [3.63, 3.8) is 0 Å². The fraction of sp³-hybridized carbons (Fsp3) is 0.818. The van der Waals surface area contributed by atoms with Crippen LogP contribution in [0.25, 0.3) is 0 Å². The number of hydrogen-bond acceptors (Lipinski definition) is 2. The zero-order chi connectivity index (χ0) is 10.8. The van der Waals surface area contributed by atoms with Gasteiger partial charge in [-0.3, -0.25) is 4.79 Å². The molecule has 0 rings (SSSR count). The molecule has 0 aliphatic carbocycles. The highest BCUT2D eigenvalue weighted by Gasteiger charge is 1.98. The van der Waals surface area contributed by atoms with Gasteiger partial charge in [0.25, 0.3) is 0 Å².